The highest BCUT2D eigenvalue weighted by atomic mass is 19.3. The molecule has 1 aromatic carbocycles. The van der Waals surface area contributed by atoms with Crippen LogP contribution in [0.15, 0.2) is 24.3 Å². The molecule has 0 aliphatic heterocycles. The summed E-state index contributed by atoms with van der Waals surface area (Å²) in [6.07, 6.45) is -0.784. The van der Waals surface area contributed by atoms with E-state index in [4.69, 9.17) is 10.2 Å². The Kier molecular flexibility index (Phi) is 5.58. The van der Waals surface area contributed by atoms with Crippen LogP contribution in [-0.4, -0.2) is 40.7 Å². The number of carboxylic acids is 2. The van der Waals surface area contributed by atoms with Gasteiger partial charge in [-0.1, -0.05) is 0 Å². The zero-order chi connectivity index (χ0) is 16.0. The van der Waals surface area contributed by atoms with Crippen LogP contribution in [0.2, 0.25) is 0 Å². The van der Waals surface area contributed by atoms with Gasteiger partial charge in [0.05, 0.1) is 6.42 Å². The number of rotatable bonds is 7. The predicted octanol–water partition coefficient (Wildman–Crippen LogP) is 0.946. The Morgan fingerprint density at radius 2 is 1.71 bits per heavy atom. The van der Waals surface area contributed by atoms with Gasteiger partial charge in [-0.25, -0.2) is 4.79 Å². The first-order valence-electron chi connectivity index (χ1n) is 5.60. The number of hydrogen-bond acceptors (Lipinski definition) is 4. The molecule has 0 saturated carbocycles. The van der Waals surface area contributed by atoms with E-state index in [9.17, 15) is 23.2 Å². The normalized spacial score (nSPS) is 11.8. The van der Waals surface area contributed by atoms with Crippen LogP contribution >= 0.6 is 0 Å². The molecule has 1 rings (SSSR count). The van der Waals surface area contributed by atoms with Crippen molar-refractivity contribution >= 4 is 17.8 Å². The summed E-state index contributed by atoms with van der Waals surface area (Å²) < 4.78 is 28.0. The van der Waals surface area contributed by atoms with Gasteiger partial charge in [0.25, 0.3) is 5.91 Å². The minimum atomic E-state index is -3.00. The van der Waals surface area contributed by atoms with Crippen molar-refractivity contribution in [3.05, 3.63) is 29.8 Å². The fourth-order valence-corrected chi connectivity index (χ4v) is 1.40. The smallest absolute Gasteiger partial charge is 0.387 e. The highest BCUT2D eigenvalue weighted by molar-refractivity contribution is 5.97. The third kappa shape index (κ3) is 5.43. The Balaban J connectivity index is 2.73. The van der Waals surface area contributed by atoms with Crippen molar-refractivity contribution in [2.45, 2.75) is 19.1 Å². The summed E-state index contributed by atoms with van der Waals surface area (Å²) in [5.74, 6) is -3.89. The lowest BCUT2D eigenvalue weighted by Gasteiger charge is -2.12. The molecule has 21 heavy (non-hydrogen) atoms. The minimum Gasteiger partial charge on any atom is -0.481 e. The number of carbonyl (C=O) groups excluding carboxylic acids is 1. The molecule has 7 nitrogen and oxygen atoms in total. The zero-order valence-electron chi connectivity index (χ0n) is 10.5. The van der Waals surface area contributed by atoms with Gasteiger partial charge in [0.2, 0.25) is 0 Å². The maximum Gasteiger partial charge on any atom is 0.387 e. The highest BCUT2D eigenvalue weighted by Crippen LogP contribution is 2.15. The van der Waals surface area contributed by atoms with E-state index >= 15 is 0 Å². The monoisotopic (exact) mass is 303 g/mol. The average Bonchev–Trinajstić information content (AvgIpc) is 2.37. The second kappa shape index (κ2) is 7.17. The van der Waals surface area contributed by atoms with Gasteiger partial charge >= 0.3 is 18.6 Å². The first-order chi connectivity index (χ1) is 9.79. The summed E-state index contributed by atoms with van der Waals surface area (Å²) in [6.45, 7) is -3.00. The molecule has 0 spiro atoms. The molecule has 1 aromatic rings. The molecule has 0 aliphatic carbocycles. The van der Waals surface area contributed by atoms with E-state index in [1.54, 1.807) is 0 Å². The lowest BCUT2D eigenvalue weighted by atomic mass is 10.1. The van der Waals surface area contributed by atoms with Crippen LogP contribution in [0.4, 0.5) is 8.78 Å². The third-order valence-electron chi connectivity index (χ3n) is 2.32. The Labute approximate surface area is 117 Å². The van der Waals surface area contributed by atoms with Crippen LogP contribution in [0.25, 0.3) is 0 Å². The molecule has 0 unspecified atom stereocenters. The van der Waals surface area contributed by atoms with E-state index in [0.29, 0.717) is 0 Å². The quantitative estimate of drug-likeness (QED) is 0.691. The molecular weight excluding hydrogens is 292 g/mol. The fourth-order valence-electron chi connectivity index (χ4n) is 1.40. The Bertz CT molecular complexity index is 531. The molecule has 0 radical (unpaired) electrons. The number of ether oxygens (including phenoxy) is 1. The summed E-state index contributed by atoms with van der Waals surface area (Å²) in [5, 5.41) is 19.3. The molecule has 0 aliphatic rings. The Hall–Kier alpha value is -2.71. The van der Waals surface area contributed by atoms with E-state index in [1.165, 1.54) is 0 Å². The number of aliphatic carboxylic acids is 2. The number of carbonyl (C=O) groups is 3. The van der Waals surface area contributed by atoms with Crippen LogP contribution in [0, 0.1) is 0 Å². The van der Waals surface area contributed by atoms with Crippen LogP contribution in [-0.2, 0) is 9.59 Å². The van der Waals surface area contributed by atoms with Gasteiger partial charge in [-0.05, 0) is 24.3 Å². The van der Waals surface area contributed by atoms with Gasteiger partial charge < -0.3 is 20.3 Å². The number of benzene rings is 1. The van der Waals surface area contributed by atoms with E-state index in [0.717, 1.165) is 24.3 Å². The molecule has 0 heterocycles. The van der Waals surface area contributed by atoms with Crippen molar-refractivity contribution in [3.63, 3.8) is 0 Å². The Morgan fingerprint density at radius 1 is 1.14 bits per heavy atom. The predicted molar refractivity (Wildman–Crippen MR) is 64.2 cm³/mol. The SMILES string of the molecule is O=C(O)C[C@H](NC(=O)c1ccc(OC(F)F)cc1)C(=O)O. The summed E-state index contributed by atoms with van der Waals surface area (Å²) in [5.41, 5.74) is -0.0201. The van der Waals surface area contributed by atoms with Crippen molar-refractivity contribution in [2.75, 3.05) is 0 Å². The molecular formula is C12H11F2NO6. The maximum absolute atomic E-state index is 11.9. The van der Waals surface area contributed by atoms with Crippen LogP contribution in [0.3, 0.4) is 0 Å². The molecule has 0 saturated heterocycles. The average molecular weight is 303 g/mol. The van der Waals surface area contributed by atoms with E-state index in [2.05, 4.69) is 4.74 Å². The highest BCUT2D eigenvalue weighted by Gasteiger charge is 2.23. The second-order valence-corrected chi connectivity index (χ2v) is 3.87. The molecule has 3 N–H and O–H groups in total. The van der Waals surface area contributed by atoms with Crippen LogP contribution in [0.1, 0.15) is 16.8 Å². The molecule has 1 atom stereocenters. The lowest BCUT2D eigenvalue weighted by Crippen LogP contribution is -2.42. The standard InChI is InChI=1S/C12H11F2NO6/c13-12(14)21-7-3-1-6(2-4-7)10(18)15-8(11(19)20)5-9(16)17/h1-4,8,12H,5H2,(H,15,18)(H,16,17)(H,19,20)/t8-/m0/s1. The summed E-state index contributed by atoms with van der Waals surface area (Å²) in [4.78, 5) is 33.0. The van der Waals surface area contributed by atoms with Crippen molar-refractivity contribution in [3.8, 4) is 5.75 Å². The molecule has 0 fully saturated rings. The van der Waals surface area contributed by atoms with Crippen molar-refractivity contribution in [1.29, 1.82) is 0 Å². The first-order valence-corrected chi connectivity index (χ1v) is 5.60. The lowest BCUT2D eigenvalue weighted by molar-refractivity contribution is -0.145. The summed E-state index contributed by atoms with van der Waals surface area (Å²) in [6, 6.07) is 2.91. The number of hydrogen-bond donors (Lipinski definition) is 3. The summed E-state index contributed by atoms with van der Waals surface area (Å²) >= 11 is 0. The minimum absolute atomic E-state index is 0.0201. The van der Waals surface area contributed by atoms with E-state index in [1.807, 2.05) is 5.32 Å². The molecule has 114 valence electrons. The molecule has 1 amide bonds. The van der Waals surface area contributed by atoms with Crippen LogP contribution < -0.4 is 10.1 Å². The zero-order valence-corrected chi connectivity index (χ0v) is 10.5. The van der Waals surface area contributed by atoms with Crippen molar-refractivity contribution < 1.29 is 38.1 Å². The van der Waals surface area contributed by atoms with Gasteiger partial charge in [-0.15, -0.1) is 0 Å². The van der Waals surface area contributed by atoms with Gasteiger partial charge in [-0.2, -0.15) is 8.78 Å². The van der Waals surface area contributed by atoms with Crippen molar-refractivity contribution in [2.24, 2.45) is 0 Å². The van der Waals surface area contributed by atoms with E-state index in [-0.39, 0.29) is 11.3 Å². The molecule has 0 aromatic heterocycles. The number of nitrogens with one attached hydrogen (secondary N) is 1. The second-order valence-electron chi connectivity index (χ2n) is 3.87. The van der Waals surface area contributed by atoms with Gasteiger partial charge in [0.1, 0.15) is 11.8 Å². The fraction of sp³-hybridized carbons (Fsp3) is 0.250. The van der Waals surface area contributed by atoms with Crippen molar-refractivity contribution in [1.82, 2.24) is 5.32 Å². The third-order valence-corrected chi connectivity index (χ3v) is 2.32. The summed E-state index contributed by atoms with van der Waals surface area (Å²) in [7, 11) is 0. The maximum atomic E-state index is 11.9. The van der Waals surface area contributed by atoms with Gasteiger partial charge in [0, 0.05) is 5.56 Å². The largest absolute Gasteiger partial charge is 0.481 e. The molecule has 0 bridgehead atoms. The number of alkyl halides is 2. The Morgan fingerprint density at radius 3 is 2.14 bits per heavy atom. The topological polar surface area (TPSA) is 113 Å². The van der Waals surface area contributed by atoms with Crippen LogP contribution in [0.5, 0.6) is 5.75 Å². The number of carboxylic acid groups (broad SMARTS) is 2. The number of halogens is 2. The van der Waals surface area contributed by atoms with Gasteiger partial charge in [0.15, 0.2) is 0 Å². The number of amides is 1. The first kappa shape index (κ1) is 16.3. The molecule has 9 heteroatoms. The van der Waals surface area contributed by atoms with E-state index < -0.39 is 36.9 Å². The van der Waals surface area contributed by atoms with Gasteiger partial charge in [-0.3, -0.25) is 9.59 Å².